The number of thiocarbonyl (C=S) groups is 1. The Morgan fingerprint density at radius 1 is 1.38 bits per heavy atom. The molecule has 2 aliphatic rings. The molecule has 0 bridgehead atoms. The number of hydrogen-bond acceptors (Lipinski definition) is 5. The van der Waals surface area contributed by atoms with Crippen LogP contribution in [0.1, 0.15) is 6.42 Å². The first-order chi connectivity index (χ1) is 12.7. The Labute approximate surface area is 159 Å². The number of para-hydroxylation sites is 2. The van der Waals surface area contributed by atoms with Gasteiger partial charge in [0.25, 0.3) is 0 Å². The highest BCUT2D eigenvalue weighted by molar-refractivity contribution is 7.80. The molecule has 0 aromatic heterocycles. The van der Waals surface area contributed by atoms with Gasteiger partial charge in [-0.2, -0.15) is 0 Å². The quantitative estimate of drug-likeness (QED) is 0.410. The van der Waals surface area contributed by atoms with Crippen LogP contribution < -0.4 is 19.9 Å². The number of quaternary nitrogens is 1. The van der Waals surface area contributed by atoms with E-state index in [-0.39, 0.29) is 0 Å². The molecule has 26 heavy (non-hydrogen) atoms. The molecule has 142 valence electrons. The van der Waals surface area contributed by atoms with E-state index in [4.69, 9.17) is 26.4 Å². The van der Waals surface area contributed by atoms with Gasteiger partial charge in [0.15, 0.2) is 5.11 Å². The van der Waals surface area contributed by atoms with Gasteiger partial charge in [-0.3, -0.25) is 0 Å². The normalized spacial score (nSPS) is 20.0. The van der Waals surface area contributed by atoms with E-state index >= 15 is 0 Å². The largest absolute Gasteiger partial charge is 0.475 e. The standard InChI is InChI=1S/C18H25N3O4S/c1-23-17(22)16-13-21(14-5-2-3-6-15(14)25-16)18(26)19-7-4-8-20-9-11-24-12-10-20/h2-3,5-6,16H,4,7-13H2,1H3,(H,19,26)/p+1/t16-/m0/s1. The molecule has 0 aliphatic carbocycles. The van der Waals surface area contributed by atoms with Crippen LogP contribution in [0.2, 0.25) is 0 Å². The van der Waals surface area contributed by atoms with Crippen molar-refractivity contribution in [3.8, 4) is 5.75 Å². The van der Waals surface area contributed by atoms with Crippen LogP contribution >= 0.6 is 12.2 Å². The van der Waals surface area contributed by atoms with Gasteiger partial charge in [-0.15, -0.1) is 0 Å². The second kappa shape index (κ2) is 9.16. The summed E-state index contributed by atoms with van der Waals surface area (Å²) in [5, 5.41) is 3.92. The van der Waals surface area contributed by atoms with Crippen LogP contribution in [0.4, 0.5) is 5.69 Å². The SMILES string of the molecule is COC(=O)[C@@H]1CN(C(=S)NCCC[NH+]2CCOCC2)c2ccccc2O1. The minimum Gasteiger partial charge on any atom is -0.475 e. The Morgan fingerprint density at radius 3 is 2.92 bits per heavy atom. The number of benzene rings is 1. The fraction of sp³-hybridized carbons (Fsp3) is 0.556. The van der Waals surface area contributed by atoms with Crippen molar-refractivity contribution in [1.82, 2.24) is 5.32 Å². The fourth-order valence-corrected chi connectivity index (χ4v) is 3.50. The molecule has 0 radical (unpaired) electrons. The van der Waals surface area contributed by atoms with Gasteiger partial charge in [-0.05, 0) is 24.4 Å². The first kappa shape index (κ1) is 18.9. The number of fused-ring (bicyclic) bond motifs is 1. The number of rotatable bonds is 5. The molecule has 1 aromatic rings. The molecule has 1 atom stereocenters. The predicted molar refractivity (Wildman–Crippen MR) is 102 cm³/mol. The van der Waals surface area contributed by atoms with E-state index in [1.54, 1.807) is 4.90 Å². The number of hydrogen-bond donors (Lipinski definition) is 2. The van der Waals surface area contributed by atoms with E-state index in [1.165, 1.54) is 7.11 Å². The first-order valence-corrected chi connectivity index (χ1v) is 9.40. The first-order valence-electron chi connectivity index (χ1n) is 8.99. The number of carbonyl (C=O) groups is 1. The van der Waals surface area contributed by atoms with Gasteiger partial charge in [0, 0.05) is 13.0 Å². The van der Waals surface area contributed by atoms with Crippen molar-refractivity contribution in [2.45, 2.75) is 12.5 Å². The maximum absolute atomic E-state index is 11.9. The van der Waals surface area contributed by atoms with Crippen molar-refractivity contribution < 1.29 is 23.9 Å². The summed E-state index contributed by atoms with van der Waals surface area (Å²) >= 11 is 5.58. The lowest BCUT2D eigenvalue weighted by Crippen LogP contribution is -3.14. The Balaban J connectivity index is 1.55. The fourth-order valence-electron chi connectivity index (χ4n) is 3.22. The highest BCUT2D eigenvalue weighted by Gasteiger charge is 2.33. The number of morpholine rings is 1. The van der Waals surface area contributed by atoms with Crippen molar-refractivity contribution in [2.24, 2.45) is 0 Å². The Morgan fingerprint density at radius 2 is 2.15 bits per heavy atom. The number of esters is 1. The number of anilines is 1. The van der Waals surface area contributed by atoms with Crippen LogP contribution in [0.15, 0.2) is 24.3 Å². The molecule has 0 saturated carbocycles. The Bertz CT molecular complexity index is 637. The Hall–Kier alpha value is -1.90. The molecule has 0 spiro atoms. The van der Waals surface area contributed by atoms with Crippen LogP contribution in [-0.4, -0.2) is 70.2 Å². The van der Waals surface area contributed by atoms with Crippen molar-refractivity contribution in [1.29, 1.82) is 0 Å². The molecule has 0 unspecified atom stereocenters. The van der Waals surface area contributed by atoms with E-state index in [9.17, 15) is 4.79 Å². The number of carbonyl (C=O) groups excluding carboxylic acids is 1. The van der Waals surface area contributed by atoms with E-state index in [0.717, 1.165) is 51.5 Å². The molecule has 1 saturated heterocycles. The van der Waals surface area contributed by atoms with Crippen LogP contribution in [0, 0.1) is 0 Å². The summed E-state index contributed by atoms with van der Waals surface area (Å²) < 4.78 is 16.0. The molecule has 3 rings (SSSR count). The average molecular weight is 380 g/mol. The molecule has 8 heteroatoms. The van der Waals surface area contributed by atoms with E-state index in [0.29, 0.717) is 17.4 Å². The molecule has 2 N–H and O–H groups in total. The summed E-state index contributed by atoms with van der Waals surface area (Å²) in [6.45, 7) is 6.07. The zero-order chi connectivity index (χ0) is 18.4. The zero-order valence-corrected chi connectivity index (χ0v) is 15.8. The average Bonchev–Trinajstić information content (AvgIpc) is 2.70. The van der Waals surface area contributed by atoms with Crippen LogP contribution in [0.5, 0.6) is 5.75 Å². The van der Waals surface area contributed by atoms with Gasteiger partial charge in [-0.25, -0.2) is 4.79 Å². The zero-order valence-electron chi connectivity index (χ0n) is 15.0. The number of methoxy groups -OCH3 is 1. The maximum Gasteiger partial charge on any atom is 0.348 e. The summed E-state index contributed by atoms with van der Waals surface area (Å²) in [5.41, 5.74) is 0.865. The van der Waals surface area contributed by atoms with Crippen LogP contribution in [-0.2, 0) is 14.3 Å². The van der Waals surface area contributed by atoms with Crippen LogP contribution in [0.3, 0.4) is 0 Å². The molecular formula is C18H26N3O4S+. The van der Waals surface area contributed by atoms with Crippen molar-refractivity contribution in [3.63, 3.8) is 0 Å². The lowest BCUT2D eigenvalue weighted by molar-refractivity contribution is -0.908. The van der Waals surface area contributed by atoms with Gasteiger partial charge in [0.05, 0.1) is 39.1 Å². The maximum atomic E-state index is 11.9. The lowest BCUT2D eigenvalue weighted by atomic mass is 10.2. The monoisotopic (exact) mass is 380 g/mol. The van der Waals surface area contributed by atoms with Crippen LogP contribution in [0.25, 0.3) is 0 Å². The molecule has 0 amide bonds. The third kappa shape index (κ3) is 4.63. The van der Waals surface area contributed by atoms with E-state index < -0.39 is 12.1 Å². The second-order valence-corrected chi connectivity index (χ2v) is 6.79. The third-order valence-electron chi connectivity index (χ3n) is 4.67. The van der Waals surface area contributed by atoms with Gasteiger partial charge >= 0.3 is 5.97 Å². The van der Waals surface area contributed by atoms with Gasteiger partial charge < -0.3 is 29.3 Å². The van der Waals surface area contributed by atoms with Crippen molar-refractivity contribution in [3.05, 3.63) is 24.3 Å². The summed E-state index contributed by atoms with van der Waals surface area (Å²) in [7, 11) is 1.36. The van der Waals surface area contributed by atoms with E-state index in [1.807, 2.05) is 29.2 Å². The number of ether oxygens (including phenoxy) is 3. The van der Waals surface area contributed by atoms with Gasteiger partial charge in [0.1, 0.15) is 18.8 Å². The van der Waals surface area contributed by atoms with Gasteiger partial charge in [0.2, 0.25) is 6.10 Å². The topological polar surface area (TPSA) is 64.5 Å². The predicted octanol–water partition coefficient (Wildman–Crippen LogP) is -0.393. The summed E-state index contributed by atoms with van der Waals surface area (Å²) in [4.78, 5) is 15.4. The molecule has 1 aromatic carbocycles. The summed E-state index contributed by atoms with van der Waals surface area (Å²) in [6, 6.07) is 7.58. The van der Waals surface area contributed by atoms with E-state index in [2.05, 4.69) is 5.32 Å². The second-order valence-electron chi connectivity index (χ2n) is 6.41. The number of nitrogens with one attached hydrogen (secondary N) is 2. The summed E-state index contributed by atoms with van der Waals surface area (Å²) in [5.74, 6) is 0.235. The minimum absolute atomic E-state index is 0.338. The lowest BCUT2D eigenvalue weighted by Gasteiger charge is -2.35. The molecule has 1 fully saturated rings. The highest BCUT2D eigenvalue weighted by atomic mass is 32.1. The third-order valence-corrected chi connectivity index (χ3v) is 5.03. The molecule has 2 aliphatic heterocycles. The molecule has 7 nitrogen and oxygen atoms in total. The molecule has 2 heterocycles. The van der Waals surface area contributed by atoms with Crippen molar-refractivity contribution in [2.75, 3.05) is 57.9 Å². The summed E-state index contributed by atoms with van der Waals surface area (Å²) in [6.07, 6.45) is 0.342. The highest BCUT2D eigenvalue weighted by Crippen LogP contribution is 2.33. The Kier molecular flexibility index (Phi) is 6.65. The number of nitrogens with zero attached hydrogens (tertiary/aromatic N) is 1. The molecular weight excluding hydrogens is 354 g/mol. The smallest absolute Gasteiger partial charge is 0.348 e. The van der Waals surface area contributed by atoms with Crippen molar-refractivity contribution >= 4 is 29.0 Å². The minimum atomic E-state index is -0.688. The van der Waals surface area contributed by atoms with Gasteiger partial charge in [-0.1, -0.05) is 12.1 Å².